The van der Waals surface area contributed by atoms with Crippen LogP contribution in [0.3, 0.4) is 0 Å². The van der Waals surface area contributed by atoms with E-state index in [9.17, 15) is 0 Å². The SMILES string of the molecule is COC(CN1CCNC[C@H]1C)OC. The van der Waals surface area contributed by atoms with E-state index < -0.39 is 0 Å². The van der Waals surface area contributed by atoms with Gasteiger partial charge in [0.2, 0.25) is 0 Å². The van der Waals surface area contributed by atoms with Crippen LogP contribution in [0.5, 0.6) is 0 Å². The summed E-state index contributed by atoms with van der Waals surface area (Å²) in [5.41, 5.74) is 0. The van der Waals surface area contributed by atoms with Crippen molar-refractivity contribution in [2.24, 2.45) is 0 Å². The maximum Gasteiger partial charge on any atom is 0.169 e. The quantitative estimate of drug-likeness (QED) is 0.625. The first kappa shape index (κ1) is 10.9. The van der Waals surface area contributed by atoms with Crippen molar-refractivity contribution in [2.45, 2.75) is 19.3 Å². The number of rotatable bonds is 4. The molecular weight excluding hydrogens is 168 g/mol. The Morgan fingerprint density at radius 2 is 2.15 bits per heavy atom. The molecule has 0 radical (unpaired) electrons. The summed E-state index contributed by atoms with van der Waals surface area (Å²) < 4.78 is 10.3. The second-order valence-corrected chi connectivity index (χ2v) is 3.45. The third-order valence-electron chi connectivity index (χ3n) is 2.55. The number of hydrogen-bond acceptors (Lipinski definition) is 4. The lowest BCUT2D eigenvalue weighted by atomic mass is 10.2. The number of hydrogen-bond donors (Lipinski definition) is 1. The zero-order valence-electron chi connectivity index (χ0n) is 8.75. The summed E-state index contributed by atoms with van der Waals surface area (Å²) in [6.45, 7) is 6.26. The molecule has 1 saturated heterocycles. The summed E-state index contributed by atoms with van der Waals surface area (Å²) >= 11 is 0. The van der Waals surface area contributed by atoms with Crippen molar-refractivity contribution in [3.63, 3.8) is 0 Å². The minimum absolute atomic E-state index is 0.0967. The molecule has 1 N–H and O–H groups in total. The molecule has 4 nitrogen and oxygen atoms in total. The molecule has 0 aromatic carbocycles. The number of nitrogens with one attached hydrogen (secondary N) is 1. The van der Waals surface area contributed by atoms with Crippen LogP contribution in [0.1, 0.15) is 6.92 Å². The molecule has 0 bridgehead atoms. The van der Waals surface area contributed by atoms with Crippen LogP contribution in [0, 0.1) is 0 Å². The van der Waals surface area contributed by atoms with Gasteiger partial charge in [0.05, 0.1) is 0 Å². The molecule has 0 saturated carbocycles. The first-order valence-corrected chi connectivity index (χ1v) is 4.78. The van der Waals surface area contributed by atoms with Gasteiger partial charge in [-0.1, -0.05) is 0 Å². The van der Waals surface area contributed by atoms with Crippen LogP contribution in [0.2, 0.25) is 0 Å². The molecule has 1 aliphatic heterocycles. The highest BCUT2D eigenvalue weighted by molar-refractivity contribution is 4.76. The van der Waals surface area contributed by atoms with Crippen LogP contribution in [0.15, 0.2) is 0 Å². The fourth-order valence-electron chi connectivity index (χ4n) is 1.59. The largest absolute Gasteiger partial charge is 0.355 e. The summed E-state index contributed by atoms with van der Waals surface area (Å²) in [6, 6.07) is 0.571. The van der Waals surface area contributed by atoms with Gasteiger partial charge in [0.1, 0.15) is 0 Å². The topological polar surface area (TPSA) is 33.7 Å². The molecule has 1 fully saturated rings. The number of nitrogens with zero attached hydrogens (tertiary/aromatic N) is 1. The lowest BCUT2D eigenvalue weighted by Gasteiger charge is -2.35. The van der Waals surface area contributed by atoms with E-state index in [4.69, 9.17) is 9.47 Å². The summed E-state index contributed by atoms with van der Waals surface area (Å²) in [4.78, 5) is 2.38. The van der Waals surface area contributed by atoms with Gasteiger partial charge < -0.3 is 14.8 Å². The van der Waals surface area contributed by atoms with Crippen molar-refractivity contribution < 1.29 is 9.47 Å². The molecule has 1 atom stereocenters. The molecule has 0 aromatic heterocycles. The van der Waals surface area contributed by atoms with Gasteiger partial charge in [-0.25, -0.2) is 0 Å². The molecule has 1 aliphatic rings. The monoisotopic (exact) mass is 188 g/mol. The van der Waals surface area contributed by atoms with E-state index in [-0.39, 0.29) is 6.29 Å². The van der Waals surface area contributed by atoms with Crippen LogP contribution in [0.4, 0.5) is 0 Å². The second kappa shape index (κ2) is 5.54. The Hall–Kier alpha value is -0.160. The standard InChI is InChI=1S/C9H20N2O2/c1-8-6-10-4-5-11(8)7-9(12-2)13-3/h8-10H,4-7H2,1-3H3/t8-/m1/s1. The number of piperazine rings is 1. The van der Waals surface area contributed by atoms with Gasteiger partial charge >= 0.3 is 0 Å². The van der Waals surface area contributed by atoms with Crippen LogP contribution in [0.25, 0.3) is 0 Å². The van der Waals surface area contributed by atoms with Crippen LogP contribution < -0.4 is 5.32 Å². The Balaban J connectivity index is 2.32. The highest BCUT2D eigenvalue weighted by Gasteiger charge is 2.20. The van der Waals surface area contributed by atoms with E-state index in [2.05, 4.69) is 17.1 Å². The van der Waals surface area contributed by atoms with Gasteiger partial charge in [-0.2, -0.15) is 0 Å². The Kier molecular flexibility index (Phi) is 4.66. The lowest BCUT2D eigenvalue weighted by Crippen LogP contribution is -2.52. The van der Waals surface area contributed by atoms with Crippen LogP contribution >= 0.6 is 0 Å². The fourth-order valence-corrected chi connectivity index (χ4v) is 1.59. The Morgan fingerprint density at radius 1 is 1.46 bits per heavy atom. The minimum Gasteiger partial charge on any atom is -0.355 e. The summed E-state index contributed by atoms with van der Waals surface area (Å²) in [5.74, 6) is 0. The smallest absolute Gasteiger partial charge is 0.169 e. The first-order valence-electron chi connectivity index (χ1n) is 4.78. The molecule has 78 valence electrons. The van der Waals surface area contributed by atoms with Crippen LogP contribution in [-0.2, 0) is 9.47 Å². The molecule has 0 amide bonds. The Bertz CT molecular complexity index is 140. The summed E-state index contributed by atoms with van der Waals surface area (Å²) in [5, 5.41) is 3.35. The van der Waals surface area contributed by atoms with Gasteiger partial charge in [0.15, 0.2) is 6.29 Å². The minimum atomic E-state index is -0.0967. The number of ether oxygens (including phenoxy) is 2. The molecule has 1 rings (SSSR count). The average Bonchev–Trinajstić information content (AvgIpc) is 2.17. The second-order valence-electron chi connectivity index (χ2n) is 3.45. The van der Waals surface area contributed by atoms with Crippen molar-refractivity contribution in [3.05, 3.63) is 0 Å². The zero-order valence-corrected chi connectivity index (χ0v) is 8.75. The van der Waals surface area contributed by atoms with Crippen LogP contribution in [-0.4, -0.2) is 57.6 Å². The molecule has 0 spiro atoms. The maximum absolute atomic E-state index is 5.17. The highest BCUT2D eigenvalue weighted by atomic mass is 16.7. The van der Waals surface area contributed by atoms with E-state index >= 15 is 0 Å². The van der Waals surface area contributed by atoms with Gasteiger partial charge in [0, 0.05) is 46.4 Å². The fraction of sp³-hybridized carbons (Fsp3) is 1.00. The van der Waals surface area contributed by atoms with Crippen molar-refractivity contribution in [1.29, 1.82) is 0 Å². The van der Waals surface area contributed by atoms with E-state index in [0.717, 1.165) is 26.2 Å². The average molecular weight is 188 g/mol. The molecule has 1 heterocycles. The molecule has 4 heteroatoms. The molecule has 13 heavy (non-hydrogen) atoms. The zero-order chi connectivity index (χ0) is 9.68. The molecule has 0 unspecified atom stereocenters. The Labute approximate surface area is 80.2 Å². The van der Waals surface area contributed by atoms with E-state index in [0.29, 0.717) is 6.04 Å². The molecule has 0 aromatic rings. The molecular formula is C9H20N2O2. The lowest BCUT2D eigenvalue weighted by molar-refractivity contribution is -0.121. The summed E-state index contributed by atoms with van der Waals surface area (Å²) in [7, 11) is 3.36. The van der Waals surface area contributed by atoms with Gasteiger partial charge in [-0.15, -0.1) is 0 Å². The van der Waals surface area contributed by atoms with Crippen molar-refractivity contribution in [3.8, 4) is 0 Å². The van der Waals surface area contributed by atoms with Crippen molar-refractivity contribution in [2.75, 3.05) is 40.4 Å². The first-order chi connectivity index (χ1) is 6.27. The number of methoxy groups -OCH3 is 2. The van der Waals surface area contributed by atoms with Gasteiger partial charge in [0.25, 0.3) is 0 Å². The van der Waals surface area contributed by atoms with Gasteiger partial charge in [-0.3, -0.25) is 4.90 Å². The summed E-state index contributed by atoms with van der Waals surface area (Å²) in [6.07, 6.45) is -0.0967. The third kappa shape index (κ3) is 3.23. The molecule has 0 aliphatic carbocycles. The third-order valence-corrected chi connectivity index (χ3v) is 2.55. The normalized spacial score (nSPS) is 25.4. The Morgan fingerprint density at radius 3 is 2.69 bits per heavy atom. The van der Waals surface area contributed by atoms with Crippen molar-refractivity contribution >= 4 is 0 Å². The highest BCUT2D eigenvalue weighted by Crippen LogP contribution is 2.05. The predicted molar refractivity (Wildman–Crippen MR) is 51.7 cm³/mol. The van der Waals surface area contributed by atoms with E-state index in [1.165, 1.54) is 0 Å². The maximum atomic E-state index is 5.17. The van der Waals surface area contributed by atoms with E-state index in [1.54, 1.807) is 14.2 Å². The predicted octanol–water partition coefficient (Wildman–Crippen LogP) is -0.101. The van der Waals surface area contributed by atoms with Gasteiger partial charge in [-0.05, 0) is 6.92 Å². The van der Waals surface area contributed by atoms with Crippen molar-refractivity contribution in [1.82, 2.24) is 10.2 Å². The van der Waals surface area contributed by atoms with E-state index in [1.807, 2.05) is 0 Å².